The molecule has 1 rings (SSSR count). The van der Waals surface area contributed by atoms with E-state index in [1.165, 1.54) is 7.05 Å². The summed E-state index contributed by atoms with van der Waals surface area (Å²) < 4.78 is 52.4. The van der Waals surface area contributed by atoms with Gasteiger partial charge in [-0.05, 0) is 26.0 Å². The Labute approximate surface area is 105 Å². The number of hydrogen-bond donors (Lipinski definition) is 1. The average molecular weight is 278 g/mol. The Bertz CT molecular complexity index is 544. The SMILES string of the molecule is CC(C)N(C)S(=O)(=O)c1ccc(F)c(CN)c1F. The second kappa shape index (κ2) is 5.29. The fraction of sp³-hybridized carbons (Fsp3) is 0.455. The summed E-state index contributed by atoms with van der Waals surface area (Å²) in [5.74, 6) is -1.97. The molecule has 0 aliphatic rings. The van der Waals surface area contributed by atoms with Crippen LogP contribution in [-0.4, -0.2) is 25.8 Å². The van der Waals surface area contributed by atoms with Gasteiger partial charge in [-0.3, -0.25) is 0 Å². The zero-order valence-electron chi connectivity index (χ0n) is 10.4. The third-order valence-electron chi connectivity index (χ3n) is 2.74. The van der Waals surface area contributed by atoms with Crippen molar-refractivity contribution >= 4 is 10.0 Å². The highest BCUT2D eigenvalue weighted by Gasteiger charge is 2.28. The lowest BCUT2D eigenvalue weighted by Crippen LogP contribution is -2.33. The Morgan fingerprint density at radius 2 is 1.89 bits per heavy atom. The quantitative estimate of drug-likeness (QED) is 0.906. The lowest BCUT2D eigenvalue weighted by molar-refractivity contribution is 0.406. The molecule has 0 unspecified atom stereocenters. The molecule has 7 heteroatoms. The van der Waals surface area contributed by atoms with Crippen LogP contribution in [0.15, 0.2) is 17.0 Å². The van der Waals surface area contributed by atoms with Crippen molar-refractivity contribution in [3.05, 3.63) is 29.3 Å². The zero-order chi connectivity index (χ0) is 14.1. The van der Waals surface area contributed by atoms with Gasteiger partial charge in [0.1, 0.15) is 10.7 Å². The fourth-order valence-electron chi connectivity index (χ4n) is 1.40. The molecule has 0 spiro atoms. The predicted molar refractivity (Wildman–Crippen MR) is 64.3 cm³/mol. The minimum absolute atomic E-state index is 0.333. The Morgan fingerprint density at radius 3 is 2.33 bits per heavy atom. The van der Waals surface area contributed by atoms with Crippen LogP contribution in [0.5, 0.6) is 0 Å². The third-order valence-corrected chi connectivity index (χ3v) is 4.79. The van der Waals surface area contributed by atoms with Gasteiger partial charge in [0.15, 0.2) is 5.82 Å². The predicted octanol–water partition coefficient (Wildman–Crippen LogP) is 1.45. The van der Waals surface area contributed by atoms with Gasteiger partial charge in [0.2, 0.25) is 10.0 Å². The number of hydrogen-bond acceptors (Lipinski definition) is 3. The minimum atomic E-state index is -3.98. The van der Waals surface area contributed by atoms with E-state index in [2.05, 4.69) is 0 Å². The van der Waals surface area contributed by atoms with Gasteiger partial charge < -0.3 is 5.73 Å². The summed E-state index contributed by atoms with van der Waals surface area (Å²) in [5, 5.41) is 0. The van der Waals surface area contributed by atoms with Gasteiger partial charge in [-0.2, -0.15) is 4.31 Å². The summed E-state index contributed by atoms with van der Waals surface area (Å²) in [5.41, 5.74) is 4.79. The van der Waals surface area contributed by atoms with Gasteiger partial charge in [-0.25, -0.2) is 17.2 Å². The average Bonchev–Trinajstić information content (AvgIpc) is 2.28. The molecule has 0 atom stereocenters. The summed E-state index contributed by atoms with van der Waals surface area (Å²) >= 11 is 0. The summed E-state index contributed by atoms with van der Waals surface area (Å²) in [7, 11) is -2.64. The maximum absolute atomic E-state index is 13.9. The Hall–Kier alpha value is -1.05. The molecule has 2 N–H and O–H groups in total. The van der Waals surface area contributed by atoms with Crippen molar-refractivity contribution < 1.29 is 17.2 Å². The van der Waals surface area contributed by atoms with Gasteiger partial charge in [-0.15, -0.1) is 0 Å². The molecule has 1 aromatic rings. The van der Waals surface area contributed by atoms with E-state index in [9.17, 15) is 17.2 Å². The van der Waals surface area contributed by atoms with Crippen LogP contribution in [0.25, 0.3) is 0 Å². The molecule has 0 saturated carbocycles. The van der Waals surface area contributed by atoms with Gasteiger partial charge >= 0.3 is 0 Å². The lowest BCUT2D eigenvalue weighted by atomic mass is 10.2. The van der Waals surface area contributed by atoms with Crippen molar-refractivity contribution in [3.63, 3.8) is 0 Å². The van der Waals surface area contributed by atoms with Gasteiger partial charge in [0.25, 0.3) is 0 Å². The zero-order valence-corrected chi connectivity index (χ0v) is 11.3. The minimum Gasteiger partial charge on any atom is -0.326 e. The largest absolute Gasteiger partial charge is 0.326 e. The first-order valence-corrected chi connectivity index (χ1v) is 6.82. The summed E-state index contributed by atoms with van der Waals surface area (Å²) in [4.78, 5) is -0.555. The topological polar surface area (TPSA) is 63.4 Å². The molecule has 0 amide bonds. The molecule has 0 bridgehead atoms. The van der Waals surface area contributed by atoms with Crippen LogP contribution in [0.2, 0.25) is 0 Å². The Morgan fingerprint density at radius 1 is 1.33 bits per heavy atom. The highest BCUT2D eigenvalue weighted by Crippen LogP contribution is 2.24. The normalized spacial score (nSPS) is 12.4. The first-order chi connectivity index (χ1) is 8.23. The number of halogens is 2. The van der Waals surface area contributed by atoms with Gasteiger partial charge in [-0.1, -0.05) is 0 Å². The maximum atomic E-state index is 13.9. The molecule has 0 saturated heterocycles. The smallest absolute Gasteiger partial charge is 0.245 e. The highest BCUT2D eigenvalue weighted by molar-refractivity contribution is 7.89. The van der Waals surface area contributed by atoms with Crippen LogP contribution in [0.3, 0.4) is 0 Å². The van der Waals surface area contributed by atoms with E-state index in [-0.39, 0.29) is 6.04 Å². The van der Waals surface area contributed by atoms with E-state index in [0.717, 1.165) is 16.4 Å². The molecule has 0 heterocycles. The molecule has 18 heavy (non-hydrogen) atoms. The van der Waals surface area contributed by atoms with Crippen LogP contribution >= 0.6 is 0 Å². The van der Waals surface area contributed by atoms with Crippen molar-refractivity contribution in [2.45, 2.75) is 31.3 Å². The summed E-state index contributed by atoms with van der Waals surface area (Å²) in [6.07, 6.45) is 0. The fourth-order valence-corrected chi connectivity index (χ4v) is 2.85. The van der Waals surface area contributed by atoms with E-state index in [0.29, 0.717) is 0 Å². The van der Waals surface area contributed by atoms with Crippen molar-refractivity contribution in [2.24, 2.45) is 5.73 Å². The number of nitrogens with two attached hydrogens (primary N) is 1. The number of sulfonamides is 1. The van der Waals surface area contributed by atoms with Crippen LogP contribution < -0.4 is 5.73 Å². The van der Waals surface area contributed by atoms with Crippen LogP contribution in [0, 0.1) is 11.6 Å². The molecule has 0 aliphatic carbocycles. The van der Waals surface area contributed by atoms with E-state index >= 15 is 0 Å². The van der Waals surface area contributed by atoms with Gasteiger partial charge in [0, 0.05) is 25.2 Å². The molecule has 1 aromatic carbocycles. The molecular weight excluding hydrogens is 262 g/mol. The van der Waals surface area contributed by atoms with E-state index in [1.54, 1.807) is 13.8 Å². The first kappa shape index (κ1) is 15.0. The van der Waals surface area contributed by atoms with Gasteiger partial charge in [0.05, 0.1) is 0 Å². The Kier molecular flexibility index (Phi) is 4.41. The Balaban J connectivity index is 3.44. The van der Waals surface area contributed by atoms with E-state index < -0.39 is 38.7 Å². The van der Waals surface area contributed by atoms with Crippen molar-refractivity contribution in [1.29, 1.82) is 0 Å². The number of rotatable bonds is 4. The second-order valence-electron chi connectivity index (χ2n) is 4.16. The molecule has 0 radical (unpaired) electrons. The molecule has 0 fully saturated rings. The number of benzene rings is 1. The van der Waals surface area contributed by atoms with Crippen LogP contribution in [-0.2, 0) is 16.6 Å². The molecule has 102 valence electrons. The molecular formula is C11H16F2N2O2S. The van der Waals surface area contributed by atoms with E-state index in [4.69, 9.17) is 5.73 Å². The molecule has 0 aromatic heterocycles. The van der Waals surface area contributed by atoms with Crippen LogP contribution in [0.1, 0.15) is 19.4 Å². The maximum Gasteiger partial charge on any atom is 0.245 e. The van der Waals surface area contributed by atoms with Crippen molar-refractivity contribution in [1.82, 2.24) is 4.31 Å². The van der Waals surface area contributed by atoms with Crippen molar-refractivity contribution in [2.75, 3.05) is 7.05 Å². The molecule has 4 nitrogen and oxygen atoms in total. The summed E-state index contributed by atoms with van der Waals surface area (Å²) in [6.45, 7) is 2.91. The standard InChI is InChI=1S/C11H16F2N2O2S/c1-7(2)15(3)18(16,17)10-5-4-9(12)8(6-14)11(10)13/h4-5,7H,6,14H2,1-3H3. The van der Waals surface area contributed by atoms with E-state index in [1.807, 2.05) is 0 Å². The second-order valence-corrected chi connectivity index (χ2v) is 6.12. The summed E-state index contributed by atoms with van der Waals surface area (Å²) in [6, 6.07) is 1.49. The monoisotopic (exact) mass is 278 g/mol. The number of nitrogens with zero attached hydrogens (tertiary/aromatic N) is 1. The van der Waals surface area contributed by atoms with Crippen LogP contribution in [0.4, 0.5) is 8.78 Å². The molecule has 0 aliphatic heterocycles. The first-order valence-electron chi connectivity index (χ1n) is 5.38. The highest BCUT2D eigenvalue weighted by atomic mass is 32.2. The third kappa shape index (κ3) is 2.52. The lowest BCUT2D eigenvalue weighted by Gasteiger charge is -2.21. The van der Waals surface area contributed by atoms with Crippen molar-refractivity contribution in [3.8, 4) is 0 Å².